The molecular weight excluding hydrogens is 388 g/mol. The first-order chi connectivity index (χ1) is 14.8. The molecule has 1 N–H and O–H groups in total. The Hall–Kier alpha value is -2.01. The third kappa shape index (κ3) is 4.21. The Morgan fingerprint density at radius 3 is 2.45 bits per heavy atom. The van der Waals surface area contributed by atoms with Crippen molar-refractivity contribution in [2.75, 3.05) is 13.1 Å². The number of hydrogen-bond acceptors (Lipinski definition) is 4. The molecule has 5 heteroatoms. The van der Waals surface area contributed by atoms with Gasteiger partial charge in [-0.05, 0) is 92.7 Å². The Labute approximate surface area is 185 Å². The first-order valence-corrected chi connectivity index (χ1v) is 12.0. The lowest BCUT2D eigenvalue weighted by Gasteiger charge is -2.61. The van der Waals surface area contributed by atoms with Gasteiger partial charge in [-0.3, -0.25) is 24.6 Å². The van der Waals surface area contributed by atoms with Crippen molar-refractivity contribution in [2.45, 2.75) is 70.8 Å². The van der Waals surface area contributed by atoms with E-state index >= 15 is 0 Å². The molecule has 0 radical (unpaired) electrons. The predicted octanol–water partition coefficient (Wildman–Crippen LogP) is 3.97. The van der Waals surface area contributed by atoms with Crippen LogP contribution in [0.2, 0.25) is 0 Å². The second kappa shape index (κ2) is 7.84. The van der Waals surface area contributed by atoms with Crippen molar-refractivity contribution in [3.05, 3.63) is 35.9 Å². The van der Waals surface area contributed by atoms with Gasteiger partial charge >= 0.3 is 0 Å². The SMILES string of the molecule is CC12CC3CC(C1)CC(CC(=O)CN1CCC[C@@H]1C(=O)NC(=O)c1ccccc1)(C3)C2. The van der Waals surface area contributed by atoms with Gasteiger partial charge in [0.05, 0.1) is 12.6 Å². The number of likely N-dealkylation sites (tertiary alicyclic amines) is 1. The van der Waals surface area contributed by atoms with Gasteiger partial charge in [0, 0.05) is 12.0 Å². The summed E-state index contributed by atoms with van der Waals surface area (Å²) in [4.78, 5) is 40.3. The van der Waals surface area contributed by atoms with E-state index < -0.39 is 0 Å². The minimum absolute atomic E-state index is 0.205. The molecule has 166 valence electrons. The zero-order chi connectivity index (χ0) is 21.6. The van der Waals surface area contributed by atoms with E-state index in [0.717, 1.165) is 24.8 Å². The zero-order valence-corrected chi connectivity index (χ0v) is 18.6. The lowest BCUT2D eigenvalue weighted by Crippen LogP contribution is -2.52. The Morgan fingerprint density at radius 2 is 1.77 bits per heavy atom. The predicted molar refractivity (Wildman–Crippen MR) is 118 cm³/mol. The molecule has 5 aliphatic rings. The summed E-state index contributed by atoms with van der Waals surface area (Å²) in [6.07, 6.45) is 9.98. The zero-order valence-electron chi connectivity index (χ0n) is 18.6. The molecule has 6 rings (SSSR count). The van der Waals surface area contributed by atoms with Gasteiger partial charge in [-0.15, -0.1) is 0 Å². The summed E-state index contributed by atoms with van der Waals surface area (Å²) in [5.74, 6) is 1.26. The average Bonchev–Trinajstić information content (AvgIpc) is 3.14. The van der Waals surface area contributed by atoms with Crippen molar-refractivity contribution in [2.24, 2.45) is 22.7 Å². The molecule has 2 amide bonds. The van der Waals surface area contributed by atoms with E-state index in [1.807, 2.05) is 11.0 Å². The van der Waals surface area contributed by atoms with Crippen molar-refractivity contribution in [3.63, 3.8) is 0 Å². The number of amides is 2. The summed E-state index contributed by atoms with van der Waals surface area (Å²) in [5, 5.41) is 2.54. The monoisotopic (exact) mass is 422 g/mol. The second-order valence-electron chi connectivity index (χ2n) is 11.3. The third-order valence-electron chi connectivity index (χ3n) is 8.37. The first-order valence-electron chi connectivity index (χ1n) is 12.0. The lowest BCUT2D eigenvalue weighted by atomic mass is 9.44. The van der Waals surface area contributed by atoms with Gasteiger partial charge in [0.2, 0.25) is 5.91 Å². The summed E-state index contributed by atoms with van der Waals surface area (Å²) in [6.45, 7) is 3.53. The van der Waals surface area contributed by atoms with Crippen molar-refractivity contribution >= 4 is 17.6 Å². The molecule has 1 heterocycles. The highest BCUT2D eigenvalue weighted by Gasteiger charge is 2.56. The van der Waals surface area contributed by atoms with E-state index in [2.05, 4.69) is 12.2 Å². The van der Waals surface area contributed by atoms with E-state index in [0.29, 0.717) is 30.4 Å². The van der Waals surface area contributed by atoms with Crippen LogP contribution in [0.1, 0.15) is 75.1 Å². The number of imide groups is 1. The normalized spacial score (nSPS) is 36.5. The highest BCUT2D eigenvalue weighted by atomic mass is 16.2. The van der Waals surface area contributed by atoms with Gasteiger partial charge in [0.1, 0.15) is 5.78 Å². The number of nitrogens with zero attached hydrogens (tertiary/aromatic N) is 1. The van der Waals surface area contributed by atoms with Gasteiger partial charge < -0.3 is 0 Å². The van der Waals surface area contributed by atoms with Crippen LogP contribution in [0, 0.1) is 22.7 Å². The summed E-state index contributed by atoms with van der Waals surface area (Å²) < 4.78 is 0. The van der Waals surface area contributed by atoms with Crippen LogP contribution in [-0.4, -0.2) is 41.6 Å². The molecule has 3 atom stereocenters. The molecule has 4 aliphatic carbocycles. The van der Waals surface area contributed by atoms with Crippen molar-refractivity contribution in [1.82, 2.24) is 10.2 Å². The molecule has 1 aromatic carbocycles. The number of rotatable bonds is 6. The molecule has 5 fully saturated rings. The van der Waals surface area contributed by atoms with Gasteiger partial charge in [0.25, 0.3) is 5.91 Å². The lowest BCUT2D eigenvalue weighted by molar-refractivity contribution is -0.136. The van der Waals surface area contributed by atoms with Crippen LogP contribution < -0.4 is 5.32 Å². The largest absolute Gasteiger partial charge is 0.298 e. The van der Waals surface area contributed by atoms with E-state index in [4.69, 9.17) is 0 Å². The van der Waals surface area contributed by atoms with Gasteiger partial charge in [-0.25, -0.2) is 0 Å². The topological polar surface area (TPSA) is 66.5 Å². The molecule has 31 heavy (non-hydrogen) atoms. The van der Waals surface area contributed by atoms with E-state index in [9.17, 15) is 14.4 Å². The van der Waals surface area contributed by atoms with E-state index in [-0.39, 0.29) is 29.1 Å². The fraction of sp³-hybridized carbons (Fsp3) is 0.654. The van der Waals surface area contributed by atoms with E-state index in [1.165, 1.54) is 38.5 Å². The van der Waals surface area contributed by atoms with Gasteiger partial charge in [-0.1, -0.05) is 25.1 Å². The maximum absolute atomic E-state index is 13.2. The Balaban J connectivity index is 1.19. The Kier molecular flexibility index (Phi) is 5.28. The quantitative estimate of drug-likeness (QED) is 0.705. The van der Waals surface area contributed by atoms with Gasteiger partial charge in [-0.2, -0.15) is 0 Å². The van der Waals surface area contributed by atoms with Crippen LogP contribution in [0.4, 0.5) is 0 Å². The van der Waals surface area contributed by atoms with Crippen molar-refractivity contribution < 1.29 is 14.4 Å². The first kappa shape index (κ1) is 20.9. The number of hydrogen-bond donors (Lipinski definition) is 1. The fourth-order valence-corrected chi connectivity index (χ4v) is 8.01. The Bertz CT molecular complexity index is 866. The minimum atomic E-state index is -0.384. The summed E-state index contributed by atoms with van der Waals surface area (Å²) in [7, 11) is 0. The third-order valence-corrected chi connectivity index (χ3v) is 8.37. The van der Waals surface area contributed by atoms with Crippen LogP contribution in [0.15, 0.2) is 30.3 Å². The van der Waals surface area contributed by atoms with Crippen LogP contribution >= 0.6 is 0 Å². The maximum atomic E-state index is 13.2. The average molecular weight is 423 g/mol. The molecular formula is C26H34N2O3. The molecule has 1 saturated heterocycles. The highest BCUT2D eigenvalue weighted by Crippen LogP contribution is 2.66. The van der Waals surface area contributed by atoms with E-state index in [1.54, 1.807) is 24.3 Å². The molecule has 4 bridgehead atoms. The summed E-state index contributed by atoms with van der Waals surface area (Å²) >= 11 is 0. The molecule has 1 aromatic rings. The molecule has 4 saturated carbocycles. The van der Waals surface area contributed by atoms with Crippen LogP contribution in [0.25, 0.3) is 0 Å². The molecule has 5 nitrogen and oxygen atoms in total. The van der Waals surface area contributed by atoms with Gasteiger partial charge in [0.15, 0.2) is 0 Å². The summed E-state index contributed by atoms with van der Waals surface area (Å²) in [5.41, 5.74) is 1.13. The maximum Gasteiger partial charge on any atom is 0.257 e. The molecule has 2 unspecified atom stereocenters. The number of benzene rings is 1. The fourth-order valence-electron chi connectivity index (χ4n) is 8.01. The highest BCUT2D eigenvalue weighted by molar-refractivity contribution is 6.06. The number of ketones is 1. The second-order valence-corrected chi connectivity index (χ2v) is 11.3. The number of Topliss-reactive ketones (excluding diaryl/α,β-unsaturated/α-hetero) is 1. The number of nitrogens with one attached hydrogen (secondary N) is 1. The molecule has 0 spiro atoms. The molecule has 0 aromatic heterocycles. The van der Waals surface area contributed by atoms with Crippen LogP contribution in [0.5, 0.6) is 0 Å². The standard InChI is InChI=1S/C26H34N2O3/c1-25-11-18-10-19(12-25)14-26(13-18,17-25)15-21(29)16-28-9-5-8-22(28)24(31)27-23(30)20-6-3-2-4-7-20/h2-4,6-7,18-19,22H,5,8-17H2,1H3,(H,27,30,31)/t18?,19?,22-,25?,26?/m1/s1. The smallest absolute Gasteiger partial charge is 0.257 e. The minimum Gasteiger partial charge on any atom is -0.298 e. The molecule has 1 aliphatic heterocycles. The van der Waals surface area contributed by atoms with Crippen LogP contribution in [-0.2, 0) is 9.59 Å². The van der Waals surface area contributed by atoms with Crippen molar-refractivity contribution in [1.29, 1.82) is 0 Å². The summed E-state index contributed by atoms with van der Waals surface area (Å²) in [6, 6.07) is 8.42. The van der Waals surface area contributed by atoms with Crippen molar-refractivity contribution in [3.8, 4) is 0 Å². The number of carbonyl (C=O) groups is 3. The number of carbonyl (C=O) groups excluding carboxylic acids is 3. The van der Waals surface area contributed by atoms with Crippen LogP contribution in [0.3, 0.4) is 0 Å². The Morgan fingerprint density at radius 1 is 1.06 bits per heavy atom.